The van der Waals surface area contributed by atoms with E-state index in [0.29, 0.717) is 19.6 Å². The maximum atomic E-state index is 13.0. The van der Waals surface area contributed by atoms with E-state index in [4.69, 9.17) is 9.72 Å². The molecule has 1 saturated heterocycles. The van der Waals surface area contributed by atoms with Gasteiger partial charge in [-0.15, -0.1) is 0 Å². The van der Waals surface area contributed by atoms with E-state index in [9.17, 15) is 4.79 Å². The Morgan fingerprint density at radius 3 is 2.61 bits per heavy atom. The summed E-state index contributed by atoms with van der Waals surface area (Å²) in [5.74, 6) is 1.98. The summed E-state index contributed by atoms with van der Waals surface area (Å²) in [6, 6.07) is 22.6. The molecule has 2 heterocycles. The molecule has 0 N–H and O–H groups in total. The lowest BCUT2D eigenvalue weighted by Gasteiger charge is -2.18. The standard InChI is InChI=1S/C28H29N3O2/c1-4-33-24-13-11-23(12-14-24)30-18-22(16-27(30)32)28-29-25-7-5-6-8-26(25)31(28)17-21-15-19(2)9-10-20(21)3/h5-15,22H,4,16-18H2,1-3H3/t22-/m1/s1. The summed E-state index contributed by atoms with van der Waals surface area (Å²) in [6.45, 7) is 8.24. The van der Waals surface area contributed by atoms with Gasteiger partial charge >= 0.3 is 0 Å². The minimum atomic E-state index is 0.0431. The first-order chi connectivity index (χ1) is 16.0. The second-order valence-corrected chi connectivity index (χ2v) is 8.81. The summed E-state index contributed by atoms with van der Waals surface area (Å²) in [7, 11) is 0. The number of carbonyl (C=O) groups is 1. The molecule has 168 valence electrons. The van der Waals surface area contributed by atoms with Crippen molar-refractivity contribution in [2.24, 2.45) is 0 Å². The van der Waals surface area contributed by atoms with E-state index in [-0.39, 0.29) is 11.8 Å². The van der Waals surface area contributed by atoms with Crippen molar-refractivity contribution in [2.75, 3.05) is 18.1 Å². The highest BCUT2D eigenvalue weighted by Gasteiger charge is 2.35. The molecule has 1 aromatic heterocycles. The van der Waals surface area contributed by atoms with Crippen LogP contribution in [0.15, 0.2) is 66.7 Å². The van der Waals surface area contributed by atoms with Crippen LogP contribution in [0.1, 0.15) is 41.8 Å². The molecule has 0 radical (unpaired) electrons. The smallest absolute Gasteiger partial charge is 0.227 e. The van der Waals surface area contributed by atoms with Crippen LogP contribution in [0.4, 0.5) is 5.69 Å². The summed E-state index contributed by atoms with van der Waals surface area (Å²) in [6.07, 6.45) is 0.462. The Bertz CT molecular complexity index is 1310. The summed E-state index contributed by atoms with van der Waals surface area (Å²) in [5, 5.41) is 0. The summed E-state index contributed by atoms with van der Waals surface area (Å²) in [5.41, 5.74) is 6.79. The van der Waals surface area contributed by atoms with Crippen LogP contribution in [0, 0.1) is 13.8 Å². The molecule has 1 amide bonds. The molecule has 0 saturated carbocycles. The number of imidazole rings is 1. The quantitative estimate of drug-likeness (QED) is 0.392. The number of rotatable bonds is 6. The van der Waals surface area contributed by atoms with Crippen molar-refractivity contribution in [3.8, 4) is 5.75 Å². The average Bonchev–Trinajstić information content (AvgIpc) is 3.38. The van der Waals surface area contributed by atoms with Gasteiger partial charge in [-0.1, -0.05) is 35.9 Å². The first-order valence-electron chi connectivity index (χ1n) is 11.6. The zero-order chi connectivity index (χ0) is 22.9. The molecule has 1 atom stereocenters. The highest BCUT2D eigenvalue weighted by Crippen LogP contribution is 2.34. The summed E-state index contributed by atoms with van der Waals surface area (Å²) >= 11 is 0. The van der Waals surface area contributed by atoms with Gasteiger partial charge in [0.05, 0.1) is 17.6 Å². The largest absolute Gasteiger partial charge is 0.494 e. The van der Waals surface area contributed by atoms with Gasteiger partial charge in [0.2, 0.25) is 5.91 Å². The second-order valence-electron chi connectivity index (χ2n) is 8.81. The Hall–Kier alpha value is -3.60. The molecule has 33 heavy (non-hydrogen) atoms. The van der Waals surface area contributed by atoms with Crippen LogP contribution in [0.5, 0.6) is 5.75 Å². The fraction of sp³-hybridized carbons (Fsp3) is 0.286. The van der Waals surface area contributed by atoms with Gasteiger partial charge in [0.1, 0.15) is 11.6 Å². The van der Waals surface area contributed by atoms with Gasteiger partial charge in [0, 0.05) is 31.1 Å². The van der Waals surface area contributed by atoms with Crippen LogP contribution in [-0.2, 0) is 11.3 Å². The maximum Gasteiger partial charge on any atom is 0.227 e. The highest BCUT2D eigenvalue weighted by atomic mass is 16.5. The number of fused-ring (bicyclic) bond motifs is 1. The zero-order valence-corrected chi connectivity index (χ0v) is 19.4. The Balaban J connectivity index is 1.49. The molecule has 0 bridgehead atoms. The fourth-order valence-corrected chi connectivity index (χ4v) is 4.73. The molecule has 5 rings (SSSR count). The van der Waals surface area contributed by atoms with E-state index in [1.165, 1.54) is 16.7 Å². The van der Waals surface area contributed by atoms with Crippen LogP contribution >= 0.6 is 0 Å². The van der Waals surface area contributed by atoms with Gasteiger partial charge in [-0.05, 0) is 68.3 Å². The number of anilines is 1. The Morgan fingerprint density at radius 1 is 1.03 bits per heavy atom. The van der Waals surface area contributed by atoms with E-state index in [2.05, 4.69) is 54.8 Å². The molecule has 5 nitrogen and oxygen atoms in total. The molecule has 1 fully saturated rings. The Kier molecular flexibility index (Phi) is 5.63. The van der Waals surface area contributed by atoms with Crippen molar-refractivity contribution in [2.45, 2.75) is 39.7 Å². The van der Waals surface area contributed by atoms with Crippen molar-refractivity contribution >= 4 is 22.6 Å². The number of carbonyl (C=O) groups excluding carboxylic acids is 1. The van der Waals surface area contributed by atoms with Crippen LogP contribution in [0.25, 0.3) is 11.0 Å². The number of nitrogens with zero attached hydrogens (tertiary/aromatic N) is 3. The number of amides is 1. The van der Waals surface area contributed by atoms with Gasteiger partial charge < -0.3 is 14.2 Å². The van der Waals surface area contributed by atoms with E-state index in [1.807, 2.05) is 42.2 Å². The minimum Gasteiger partial charge on any atom is -0.494 e. The lowest BCUT2D eigenvalue weighted by Crippen LogP contribution is -2.24. The summed E-state index contributed by atoms with van der Waals surface area (Å²) in [4.78, 5) is 19.9. The first kappa shape index (κ1) is 21.3. The molecular formula is C28H29N3O2. The molecular weight excluding hydrogens is 410 g/mol. The molecule has 1 aliphatic heterocycles. The molecule has 3 aromatic carbocycles. The average molecular weight is 440 g/mol. The normalized spacial score (nSPS) is 16.0. The maximum absolute atomic E-state index is 13.0. The van der Waals surface area contributed by atoms with Gasteiger partial charge in [-0.25, -0.2) is 4.98 Å². The predicted octanol–water partition coefficient (Wildman–Crippen LogP) is 5.62. The number of para-hydroxylation sites is 2. The number of hydrogen-bond acceptors (Lipinski definition) is 3. The lowest BCUT2D eigenvalue weighted by atomic mass is 10.0. The van der Waals surface area contributed by atoms with Gasteiger partial charge in [0.15, 0.2) is 0 Å². The third kappa shape index (κ3) is 4.11. The van der Waals surface area contributed by atoms with E-state index in [1.54, 1.807) is 0 Å². The SMILES string of the molecule is CCOc1ccc(N2C[C@H](c3nc4ccccc4n3Cc3cc(C)ccc3C)CC2=O)cc1. The van der Waals surface area contributed by atoms with Gasteiger partial charge in [-0.2, -0.15) is 0 Å². The molecule has 5 heteroatoms. The number of aromatic nitrogens is 2. The number of hydrogen-bond donors (Lipinski definition) is 0. The zero-order valence-electron chi connectivity index (χ0n) is 19.4. The van der Waals surface area contributed by atoms with Crippen LogP contribution < -0.4 is 9.64 Å². The minimum absolute atomic E-state index is 0.0431. The van der Waals surface area contributed by atoms with Crippen molar-refractivity contribution < 1.29 is 9.53 Å². The van der Waals surface area contributed by atoms with Crippen molar-refractivity contribution in [1.82, 2.24) is 9.55 Å². The van der Waals surface area contributed by atoms with Crippen LogP contribution in [0.2, 0.25) is 0 Å². The molecule has 0 unspecified atom stereocenters. The topological polar surface area (TPSA) is 47.4 Å². The van der Waals surface area contributed by atoms with E-state index >= 15 is 0 Å². The van der Waals surface area contributed by atoms with Crippen molar-refractivity contribution in [3.63, 3.8) is 0 Å². The fourth-order valence-electron chi connectivity index (χ4n) is 4.73. The van der Waals surface area contributed by atoms with Crippen LogP contribution in [-0.4, -0.2) is 28.6 Å². The van der Waals surface area contributed by atoms with Crippen molar-refractivity contribution in [3.05, 3.63) is 89.2 Å². The Labute approximate surface area is 194 Å². The molecule has 0 aliphatic carbocycles. The summed E-state index contributed by atoms with van der Waals surface area (Å²) < 4.78 is 7.85. The molecule has 1 aliphatic rings. The van der Waals surface area contributed by atoms with E-state index < -0.39 is 0 Å². The highest BCUT2D eigenvalue weighted by molar-refractivity contribution is 5.96. The third-order valence-corrected chi connectivity index (χ3v) is 6.47. The molecule has 0 spiro atoms. The van der Waals surface area contributed by atoms with Gasteiger partial charge in [0.25, 0.3) is 0 Å². The van der Waals surface area contributed by atoms with Crippen molar-refractivity contribution in [1.29, 1.82) is 0 Å². The third-order valence-electron chi connectivity index (χ3n) is 6.47. The number of benzene rings is 3. The number of aryl methyl sites for hydroxylation is 2. The first-order valence-corrected chi connectivity index (χ1v) is 11.6. The second kappa shape index (κ2) is 8.74. The van der Waals surface area contributed by atoms with Crippen LogP contribution in [0.3, 0.4) is 0 Å². The molecule has 4 aromatic rings. The van der Waals surface area contributed by atoms with Gasteiger partial charge in [-0.3, -0.25) is 4.79 Å². The van der Waals surface area contributed by atoms with E-state index in [0.717, 1.165) is 34.8 Å². The lowest BCUT2D eigenvalue weighted by molar-refractivity contribution is -0.117. The predicted molar refractivity (Wildman–Crippen MR) is 132 cm³/mol. The number of ether oxygens (including phenoxy) is 1. The monoisotopic (exact) mass is 439 g/mol. The Morgan fingerprint density at radius 2 is 1.82 bits per heavy atom.